The van der Waals surface area contributed by atoms with Gasteiger partial charge in [-0.25, -0.2) is 0 Å². The SMILES string of the molecule is N#COc1cccc(OC#N)c1[N+](=O)[O-]. The zero-order chi connectivity index (χ0) is 11.3. The molecule has 74 valence electrons. The van der Waals surface area contributed by atoms with Crippen molar-refractivity contribution in [2.45, 2.75) is 0 Å². The number of benzene rings is 1. The molecule has 0 fully saturated rings. The van der Waals surface area contributed by atoms with Crippen molar-refractivity contribution in [1.82, 2.24) is 0 Å². The molecular weight excluding hydrogens is 202 g/mol. The van der Waals surface area contributed by atoms with Crippen molar-refractivity contribution in [3.63, 3.8) is 0 Å². The summed E-state index contributed by atoms with van der Waals surface area (Å²) in [5, 5.41) is 27.1. The maximum atomic E-state index is 10.6. The fourth-order valence-electron chi connectivity index (χ4n) is 0.945. The van der Waals surface area contributed by atoms with Crippen LogP contribution in [0.4, 0.5) is 5.69 Å². The van der Waals surface area contributed by atoms with Gasteiger partial charge in [-0.15, -0.1) is 10.5 Å². The smallest absolute Gasteiger partial charge is 0.355 e. The van der Waals surface area contributed by atoms with E-state index in [1.165, 1.54) is 30.7 Å². The van der Waals surface area contributed by atoms with Gasteiger partial charge in [-0.05, 0) is 12.1 Å². The quantitative estimate of drug-likeness (QED) is 0.418. The minimum atomic E-state index is -0.792. The molecule has 0 saturated heterocycles. The lowest BCUT2D eigenvalue weighted by Crippen LogP contribution is -1.96. The Bertz CT molecular complexity index is 438. The first kappa shape index (κ1) is 10.3. The van der Waals surface area contributed by atoms with E-state index in [1.54, 1.807) is 0 Å². The highest BCUT2D eigenvalue weighted by molar-refractivity contribution is 5.57. The van der Waals surface area contributed by atoms with E-state index in [2.05, 4.69) is 9.47 Å². The van der Waals surface area contributed by atoms with Gasteiger partial charge in [-0.1, -0.05) is 6.07 Å². The highest BCUT2D eigenvalue weighted by atomic mass is 16.6. The summed E-state index contributed by atoms with van der Waals surface area (Å²) in [4.78, 5) is 9.83. The van der Waals surface area contributed by atoms with Crippen LogP contribution in [-0.2, 0) is 0 Å². The molecule has 0 radical (unpaired) electrons. The maximum Gasteiger partial charge on any atom is 0.355 e. The minimum absolute atomic E-state index is 0.268. The molecule has 0 amide bonds. The first-order chi connectivity index (χ1) is 7.20. The van der Waals surface area contributed by atoms with Gasteiger partial charge < -0.3 is 9.47 Å². The summed E-state index contributed by atoms with van der Waals surface area (Å²) < 4.78 is 8.72. The summed E-state index contributed by atoms with van der Waals surface area (Å²) >= 11 is 0. The molecule has 0 aliphatic rings. The number of rotatable bonds is 3. The lowest BCUT2D eigenvalue weighted by atomic mass is 10.3. The minimum Gasteiger partial charge on any atom is -0.380 e. The number of hydrogen-bond donors (Lipinski definition) is 0. The Morgan fingerprint density at radius 1 is 1.20 bits per heavy atom. The summed E-state index contributed by atoms with van der Waals surface area (Å²) in [6, 6.07) is 3.82. The van der Waals surface area contributed by atoms with E-state index in [4.69, 9.17) is 10.5 Å². The van der Waals surface area contributed by atoms with E-state index in [-0.39, 0.29) is 11.5 Å². The molecule has 0 spiro atoms. The van der Waals surface area contributed by atoms with Gasteiger partial charge in [-0.3, -0.25) is 10.1 Å². The van der Waals surface area contributed by atoms with Crippen molar-refractivity contribution in [3.05, 3.63) is 28.3 Å². The number of para-hydroxylation sites is 1. The van der Waals surface area contributed by atoms with Crippen LogP contribution in [0.3, 0.4) is 0 Å². The second-order valence-corrected chi connectivity index (χ2v) is 2.25. The van der Waals surface area contributed by atoms with Crippen molar-refractivity contribution in [1.29, 1.82) is 10.5 Å². The molecule has 15 heavy (non-hydrogen) atoms. The third-order valence-electron chi connectivity index (χ3n) is 1.46. The van der Waals surface area contributed by atoms with Crippen LogP contribution in [0.2, 0.25) is 0 Å². The van der Waals surface area contributed by atoms with E-state index in [0.717, 1.165) is 0 Å². The summed E-state index contributed by atoms with van der Waals surface area (Å²) in [7, 11) is 0. The molecule has 7 heteroatoms. The molecule has 0 N–H and O–H groups in total. The Balaban J connectivity index is 3.30. The average molecular weight is 205 g/mol. The molecule has 0 heterocycles. The second-order valence-electron chi connectivity index (χ2n) is 2.25. The third-order valence-corrected chi connectivity index (χ3v) is 1.46. The van der Waals surface area contributed by atoms with Crippen LogP contribution in [-0.4, -0.2) is 4.92 Å². The van der Waals surface area contributed by atoms with Crippen molar-refractivity contribution >= 4 is 5.69 Å². The van der Waals surface area contributed by atoms with E-state index >= 15 is 0 Å². The molecule has 7 nitrogen and oxygen atoms in total. The van der Waals surface area contributed by atoms with E-state index in [9.17, 15) is 10.1 Å². The molecule has 0 aliphatic heterocycles. The zero-order valence-corrected chi connectivity index (χ0v) is 7.21. The molecule has 0 aromatic heterocycles. The number of nitrogens with zero attached hydrogens (tertiary/aromatic N) is 3. The predicted molar refractivity (Wildman–Crippen MR) is 45.6 cm³/mol. The summed E-state index contributed by atoms with van der Waals surface area (Å²) in [5.41, 5.74) is -0.555. The van der Waals surface area contributed by atoms with Crippen molar-refractivity contribution in [2.24, 2.45) is 0 Å². The second kappa shape index (κ2) is 4.44. The molecule has 0 unspecified atom stereocenters. The van der Waals surface area contributed by atoms with Gasteiger partial charge in [0.15, 0.2) is 0 Å². The molecule has 0 bridgehead atoms. The van der Waals surface area contributed by atoms with E-state index < -0.39 is 10.6 Å². The number of ether oxygens (including phenoxy) is 2. The first-order valence-corrected chi connectivity index (χ1v) is 3.60. The number of hydrogen-bond acceptors (Lipinski definition) is 6. The monoisotopic (exact) mass is 205 g/mol. The van der Waals surface area contributed by atoms with Gasteiger partial charge in [0, 0.05) is 0 Å². The third kappa shape index (κ3) is 2.11. The normalized spacial score (nSPS) is 8.40. The molecule has 0 aliphatic carbocycles. The number of nitro groups is 1. The van der Waals surface area contributed by atoms with Gasteiger partial charge in [0.25, 0.3) is 12.5 Å². The molecule has 1 rings (SSSR count). The standard InChI is InChI=1S/C8H3N3O4/c9-4-14-6-2-1-3-7(15-5-10)8(6)11(12)13/h1-3H. The Morgan fingerprint density at radius 3 is 2.00 bits per heavy atom. The Morgan fingerprint density at radius 2 is 1.67 bits per heavy atom. The lowest BCUT2D eigenvalue weighted by Gasteiger charge is -2.01. The Hall–Kier alpha value is -2.80. The Kier molecular flexibility index (Phi) is 3.04. The lowest BCUT2D eigenvalue weighted by molar-refractivity contribution is -0.386. The fourth-order valence-corrected chi connectivity index (χ4v) is 0.945. The molecule has 0 atom stereocenters. The van der Waals surface area contributed by atoms with Crippen LogP contribution in [0, 0.1) is 33.1 Å². The summed E-state index contributed by atoms with van der Waals surface area (Å²) in [5.74, 6) is -0.537. The van der Waals surface area contributed by atoms with Crippen molar-refractivity contribution in [3.8, 4) is 24.0 Å². The zero-order valence-electron chi connectivity index (χ0n) is 7.21. The average Bonchev–Trinajstić information content (AvgIpc) is 2.18. The first-order valence-electron chi connectivity index (χ1n) is 3.60. The predicted octanol–water partition coefficient (Wildman–Crippen LogP) is 1.31. The number of nitro benzene ring substituents is 1. The van der Waals surface area contributed by atoms with E-state index in [1.807, 2.05) is 0 Å². The molecule has 1 aromatic carbocycles. The van der Waals surface area contributed by atoms with Crippen LogP contribution in [0.5, 0.6) is 11.5 Å². The largest absolute Gasteiger partial charge is 0.380 e. The summed E-state index contributed by atoms with van der Waals surface area (Å²) in [6.07, 6.45) is 2.61. The van der Waals surface area contributed by atoms with Crippen LogP contribution < -0.4 is 9.47 Å². The van der Waals surface area contributed by atoms with E-state index in [0.29, 0.717) is 0 Å². The van der Waals surface area contributed by atoms with Crippen molar-refractivity contribution in [2.75, 3.05) is 0 Å². The molecular formula is C8H3N3O4. The highest BCUT2D eigenvalue weighted by Gasteiger charge is 2.22. The van der Waals surface area contributed by atoms with Gasteiger partial charge in [0.1, 0.15) is 0 Å². The van der Waals surface area contributed by atoms with Gasteiger partial charge in [0.2, 0.25) is 11.5 Å². The van der Waals surface area contributed by atoms with Crippen LogP contribution in [0.1, 0.15) is 0 Å². The van der Waals surface area contributed by atoms with Crippen LogP contribution >= 0.6 is 0 Å². The van der Waals surface area contributed by atoms with Gasteiger partial charge >= 0.3 is 5.69 Å². The topological polar surface area (TPSA) is 109 Å². The van der Waals surface area contributed by atoms with Crippen LogP contribution in [0.25, 0.3) is 0 Å². The maximum absolute atomic E-state index is 10.6. The highest BCUT2D eigenvalue weighted by Crippen LogP contribution is 2.36. The van der Waals surface area contributed by atoms with Crippen LogP contribution in [0.15, 0.2) is 18.2 Å². The van der Waals surface area contributed by atoms with Gasteiger partial charge in [-0.2, -0.15) is 0 Å². The molecule has 1 aromatic rings. The fraction of sp³-hybridized carbons (Fsp3) is 0. The van der Waals surface area contributed by atoms with Crippen molar-refractivity contribution < 1.29 is 14.4 Å². The molecule has 0 saturated carbocycles. The Labute approximate surface area is 83.8 Å². The van der Waals surface area contributed by atoms with Gasteiger partial charge in [0.05, 0.1) is 4.92 Å². The number of nitriles is 2. The summed E-state index contributed by atoms with van der Waals surface area (Å²) in [6.45, 7) is 0.